The smallest absolute Gasteiger partial charge is 0.331 e. The van der Waals surface area contributed by atoms with Crippen molar-refractivity contribution in [1.29, 1.82) is 0 Å². The highest BCUT2D eigenvalue weighted by Gasteiger charge is 2.50. The van der Waals surface area contributed by atoms with E-state index < -0.39 is 5.60 Å². The molecule has 0 unspecified atom stereocenters. The predicted molar refractivity (Wildman–Crippen MR) is 51.6 cm³/mol. The first-order valence-electron chi connectivity index (χ1n) is 4.97. The van der Waals surface area contributed by atoms with Crippen LogP contribution in [0.3, 0.4) is 0 Å². The third-order valence-corrected chi connectivity index (χ3v) is 3.26. The van der Waals surface area contributed by atoms with E-state index in [0.29, 0.717) is 12.8 Å². The van der Waals surface area contributed by atoms with Crippen molar-refractivity contribution in [3.63, 3.8) is 0 Å². The number of aliphatic hydroxyl groups is 1. The minimum Gasteiger partial charge on any atom is -0.452 e. The highest BCUT2D eigenvalue weighted by atomic mass is 16.6. The zero-order valence-electron chi connectivity index (χ0n) is 8.83. The van der Waals surface area contributed by atoms with Crippen LogP contribution < -0.4 is 0 Å². The average molecular weight is 196 g/mol. The third kappa shape index (κ3) is 1.27. The first-order valence-corrected chi connectivity index (χ1v) is 4.97. The Morgan fingerprint density at radius 3 is 2.71 bits per heavy atom. The Bertz CT molecular complexity index is 316. The van der Waals surface area contributed by atoms with Gasteiger partial charge in [-0.3, -0.25) is 0 Å². The number of carbonyl (C=O) groups is 1. The largest absolute Gasteiger partial charge is 0.452 e. The number of ether oxygens (including phenoxy) is 1. The van der Waals surface area contributed by atoms with E-state index >= 15 is 0 Å². The number of aliphatic hydroxyl groups excluding tert-OH is 1. The Kier molecular flexibility index (Phi) is 1.80. The van der Waals surface area contributed by atoms with E-state index in [1.54, 1.807) is 6.08 Å². The lowest BCUT2D eigenvalue weighted by molar-refractivity contribution is -0.149. The Labute approximate surface area is 83.8 Å². The molecule has 2 aliphatic rings. The van der Waals surface area contributed by atoms with Gasteiger partial charge in [-0.2, -0.15) is 0 Å². The molecule has 3 heteroatoms. The van der Waals surface area contributed by atoms with E-state index in [-0.39, 0.29) is 17.5 Å². The van der Waals surface area contributed by atoms with Crippen molar-refractivity contribution in [1.82, 2.24) is 0 Å². The second-order valence-corrected chi connectivity index (χ2v) is 5.16. The van der Waals surface area contributed by atoms with E-state index in [1.807, 2.05) is 20.8 Å². The number of esters is 1. The lowest BCUT2D eigenvalue weighted by atomic mass is 9.65. The molecule has 1 aliphatic heterocycles. The summed E-state index contributed by atoms with van der Waals surface area (Å²) >= 11 is 0. The van der Waals surface area contributed by atoms with Crippen LogP contribution in [-0.2, 0) is 9.53 Å². The summed E-state index contributed by atoms with van der Waals surface area (Å²) in [5.74, 6) is -0.273. The molecule has 0 bridgehead atoms. The van der Waals surface area contributed by atoms with Crippen LogP contribution >= 0.6 is 0 Å². The normalized spacial score (nSPS) is 40.1. The van der Waals surface area contributed by atoms with Gasteiger partial charge < -0.3 is 9.84 Å². The Hall–Kier alpha value is -0.830. The minimum absolute atomic E-state index is 0.140. The number of fused-ring (bicyclic) bond motifs is 1. The molecule has 3 nitrogen and oxygen atoms in total. The molecule has 0 aromatic heterocycles. The Morgan fingerprint density at radius 2 is 2.07 bits per heavy atom. The van der Waals surface area contributed by atoms with Gasteiger partial charge in [-0.15, -0.1) is 0 Å². The van der Waals surface area contributed by atoms with E-state index in [4.69, 9.17) is 4.74 Å². The van der Waals surface area contributed by atoms with Crippen molar-refractivity contribution in [2.24, 2.45) is 5.41 Å². The second-order valence-electron chi connectivity index (χ2n) is 5.16. The zero-order valence-corrected chi connectivity index (χ0v) is 8.83. The Morgan fingerprint density at radius 1 is 1.43 bits per heavy atom. The molecule has 14 heavy (non-hydrogen) atoms. The minimum atomic E-state index is -0.571. The van der Waals surface area contributed by atoms with Crippen molar-refractivity contribution in [3.8, 4) is 0 Å². The Balaban J connectivity index is 2.43. The summed E-state index contributed by atoms with van der Waals surface area (Å²) in [6.45, 7) is 5.97. The van der Waals surface area contributed by atoms with E-state index in [0.717, 1.165) is 5.57 Å². The van der Waals surface area contributed by atoms with Crippen LogP contribution in [0.2, 0.25) is 0 Å². The molecule has 0 aromatic carbocycles. The van der Waals surface area contributed by atoms with Crippen LogP contribution in [0.5, 0.6) is 0 Å². The van der Waals surface area contributed by atoms with Gasteiger partial charge in [0.15, 0.2) is 0 Å². The summed E-state index contributed by atoms with van der Waals surface area (Å²) < 4.78 is 5.27. The molecule has 78 valence electrons. The van der Waals surface area contributed by atoms with Crippen molar-refractivity contribution in [3.05, 3.63) is 11.6 Å². The van der Waals surface area contributed by atoms with Gasteiger partial charge in [0.25, 0.3) is 0 Å². The first-order chi connectivity index (χ1) is 6.33. The molecule has 2 atom stereocenters. The van der Waals surface area contributed by atoms with Gasteiger partial charge in [0.2, 0.25) is 0 Å². The molecule has 0 aromatic rings. The van der Waals surface area contributed by atoms with Crippen LogP contribution in [-0.4, -0.2) is 22.8 Å². The van der Waals surface area contributed by atoms with Crippen molar-refractivity contribution >= 4 is 5.97 Å². The van der Waals surface area contributed by atoms with Gasteiger partial charge in [-0.25, -0.2) is 4.79 Å². The van der Waals surface area contributed by atoms with Crippen molar-refractivity contribution in [2.45, 2.75) is 45.3 Å². The van der Waals surface area contributed by atoms with Crippen LogP contribution in [0.4, 0.5) is 0 Å². The van der Waals surface area contributed by atoms with Crippen LogP contribution in [0.1, 0.15) is 33.6 Å². The highest BCUT2D eigenvalue weighted by molar-refractivity contribution is 5.87. The molecule has 0 saturated heterocycles. The summed E-state index contributed by atoms with van der Waals surface area (Å²) in [6, 6.07) is 0. The lowest BCUT2D eigenvalue weighted by Crippen LogP contribution is -2.44. The molecule has 1 fully saturated rings. The third-order valence-electron chi connectivity index (χ3n) is 3.26. The molecule has 1 aliphatic carbocycles. The van der Waals surface area contributed by atoms with Crippen molar-refractivity contribution in [2.75, 3.05) is 0 Å². The van der Waals surface area contributed by atoms with Gasteiger partial charge in [0.05, 0.1) is 6.10 Å². The van der Waals surface area contributed by atoms with Crippen LogP contribution in [0, 0.1) is 5.41 Å². The van der Waals surface area contributed by atoms with Gasteiger partial charge >= 0.3 is 5.97 Å². The number of hydrogen-bond acceptors (Lipinski definition) is 3. The molecule has 0 amide bonds. The lowest BCUT2D eigenvalue weighted by Gasteiger charge is -2.43. The second kappa shape index (κ2) is 2.60. The fourth-order valence-corrected chi connectivity index (χ4v) is 2.86. The predicted octanol–water partition coefficient (Wildman–Crippen LogP) is 1.41. The fourth-order valence-electron chi connectivity index (χ4n) is 2.86. The summed E-state index contributed by atoms with van der Waals surface area (Å²) in [6.07, 6.45) is 2.43. The standard InChI is InChI=1S/C11H16O3/c1-10(2)5-7(12)6-11(3)8(10)4-9(13)14-11/h4,7,12H,5-6H2,1-3H3/t7-,11-/m1/s1. The topological polar surface area (TPSA) is 46.5 Å². The monoisotopic (exact) mass is 196 g/mol. The number of hydrogen-bond donors (Lipinski definition) is 1. The van der Waals surface area contributed by atoms with Crippen LogP contribution in [0.25, 0.3) is 0 Å². The molecule has 0 spiro atoms. The van der Waals surface area contributed by atoms with Gasteiger partial charge in [0.1, 0.15) is 5.60 Å². The maximum atomic E-state index is 11.2. The quantitative estimate of drug-likeness (QED) is 0.596. The summed E-state index contributed by atoms with van der Waals surface area (Å²) in [7, 11) is 0. The summed E-state index contributed by atoms with van der Waals surface area (Å²) in [5.41, 5.74) is 0.317. The van der Waals surface area contributed by atoms with E-state index in [2.05, 4.69) is 0 Å². The molecule has 2 rings (SSSR count). The van der Waals surface area contributed by atoms with Gasteiger partial charge in [-0.05, 0) is 24.3 Å². The molecular formula is C11H16O3. The van der Waals surface area contributed by atoms with Gasteiger partial charge in [-0.1, -0.05) is 13.8 Å². The number of rotatable bonds is 0. The first kappa shape index (κ1) is 9.71. The molecule has 0 radical (unpaired) electrons. The molecule has 1 N–H and O–H groups in total. The van der Waals surface area contributed by atoms with E-state index in [9.17, 15) is 9.90 Å². The van der Waals surface area contributed by atoms with E-state index in [1.165, 1.54) is 0 Å². The number of carbonyl (C=O) groups excluding carboxylic acids is 1. The van der Waals surface area contributed by atoms with Crippen molar-refractivity contribution < 1.29 is 14.6 Å². The van der Waals surface area contributed by atoms with Crippen LogP contribution in [0.15, 0.2) is 11.6 Å². The maximum absolute atomic E-state index is 11.2. The zero-order chi connectivity index (χ0) is 10.6. The SMILES string of the molecule is CC1(C)C[C@@H](O)C[C@@]2(C)OC(=O)C=C12. The summed E-state index contributed by atoms with van der Waals surface area (Å²) in [4.78, 5) is 11.2. The molecule has 1 heterocycles. The maximum Gasteiger partial charge on any atom is 0.331 e. The molecular weight excluding hydrogens is 180 g/mol. The molecule has 1 saturated carbocycles. The fraction of sp³-hybridized carbons (Fsp3) is 0.727. The summed E-state index contributed by atoms with van der Waals surface area (Å²) in [5, 5.41) is 9.72. The van der Waals surface area contributed by atoms with Gasteiger partial charge in [0, 0.05) is 12.5 Å². The average Bonchev–Trinajstić information content (AvgIpc) is 2.22. The highest BCUT2D eigenvalue weighted by Crippen LogP contribution is 2.49.